The van der Waals surface area contributed by atoms with Gasteiger partial charge in [-0.25, -0.2) is 0 Å². The fourth-order valence-electron chi connectivity index (χ4n) is 0.995. The zero-order valence-corrected chi connectivity index (χ0v) is 12.5. The molecule has 86 valence electrons. The molecule has 1 aliphatic heterocycles. The maximum Gasteiger partial charge on any atom is 0.127 e. The number of unbranched alkanes of at least 4 members (excludes halogenated alkanes) is 1. The normalized spacial score (nSPS) is 26.6. The molecule has 0 aromatic heterocycles. The summed E-state index contributed by atoms with van der Waals surface area (Å²) in [6.07, 6.45) is 4.66. The zero-order chi connectivity index (χ0) is 11.3. The maximum absolute atomic E-state index is 5.46. The minimum Gasteiger partial charge on any atom is -0.368 e. The van der Waals surface area contributed by atoms with Crippen molar-refractivity contribution in [2.24, 2.45) is 0 Å². The van der Waals surface area contributed by atoms with Crippen LogP contribution in [0.1, 0.15) is 26.7 Å². The first-order chi connectivity index (χ1) is 7.12. The second-order valence-corrected chi connectivity index (χ2v) is 7.67. The van der Waals surface area contributed by atoms with E-state index in [1.165, 1.54) is 22.8 Å². The minimum absolute atomic E-state index is 0.361. The molecule has 1 nitrogen and oxygen atoms in total. The van der Waals surface area contributed by atoms with Crippen molar-refractivity contribution in [3.05, 3.63) is 10.3 Å². The molecule has 15 heavy (non-hydrogen) atoms. The molecular formula is C10H16OS4. The fraction of sp³-hybridized carbons (Fsp3) is 0.700. The van der Waals surface area contributed by atoms with Crippen LogP contribution in [0.15, 0.2) is 10.3 Å². The lowest BCUT2D eigenvalue weighted by atomic mass is 10.1. The molecular weight excluding hydrogens is 264 g/mol. The van der Waals surface area contributed by atoms with E-state index in [9.17, 15) is 0 Å². The second-order valence-electron chi connectivity index (χ2n) is 3.43. The molecule has 5 heteroatoms. The van der Waals surface area contributed by atoms with Gasteiger partial charge in [-0.3, -0.25) is 0 Å². The zero-order valence-electron chi connectivity index (χ0n) is 9.24. The van der Waals surface area contributed by atoms with E-state index in [2.05, 4.69) is 13.0 Å². The van der Waals surface area contributed by atoms with Gasteiger partial charge in [-0.05, 0) is 46.8 Å². The van der Waals surface area contributed by atoms with Crippen molar-refractivity contribution in [2.45, 2.75) is 32.3 Å². The first-order valence-electron chi connectivity index (χ1n) is 4.92. The van der Waals surface area contributed by atoms with Crippen molar-refractivity contribution in [3.8, 4) is 0 Å². The predicted octanol–water partition coefficient (Wildman–Crippen LogP) is 4.49. The third-order valence-corrected chi connectivity index (χ3v) is 7.16. The monoisotopic (exact) mass is 280 g/mol. The molecule has 0 radical (unpaired) electrons. The second kappa shape index (κ2) is 6.55. The Morgan fingerprint density at radius 3 is 2.87 bits per heavy atom. The van der Waals surface area contributed by atoms with E-state index in [1.807, 2.05) is 18.7 Å². The van der Waals surface area contributed by atoms with E-state index >= 15 is 0 Å². The summed E-state index contributed by atoms with van der Waals surface area (Å²) in [6, 6.07) is 0. The number of rotatable bonds is 5. The summed E-state index contributed by atoms with van der Waals surface area (Å²) in [6.45, 7) is 4.24. The van der Waals surface area contributed by atoms with E-state index in [-0.39, 0.29) is 5.60 Å². The van der Waals surface area contributed by atoms with Gasteiger partial charge < -0.3 is 4.74 Å². The number of thioether (sulfide) groups is 1. The smallest absolute Gasteiger partial charge is 0.127 e. The summed E-state index contributed by atoms with van der Waals surface area (Å²) in [5.41, 5.74) is -0.361. The van der Waals surface area contributed by atoms with Gasteiger partial charge in [-0.1, -0.05) is 25.6 Å². The highest BCUT2D eigenvalue weighted by Crippen LogP contribution is 2.47. The number of ether oxygens (including phenoxy) is 1. The number of methoxy groups -OCH3 is 1. The molecule has 0 saturated carbocycles. The Kier molecular flexibility index (Phi) is 6.07. The highest BCUT2D eigenvalue weighted by molar-refractivity contribution is 8.86. The lowest BCUT2D eigenvalue weighted by molar-refractivity contribution is 0.112. The summed E-state index contributed by atoms with van der Waals surface area (Å²) < 4.78 is 7.70. The van der Waals surface area contributed by atoms with E-state index in [0.717, 1.165) is 4.20 Å². The minimum atomic E-state index is -0.361. The number of hydrogen-bond acceptors (Lipinski definition) is 5. The highest BCUT2D eigenvalue weighted by Gasteiger charge is 2.32. The standard InChI is InChI=1S/C10H16OS4/c1-4-5-6-13-8-7-10(2,11-3)9(12)15-14-8/h7H,4-6H2,1-3H3. The Balaban J connectivity index is 2.59. The summed E-state index contributed by atoms with van der Waals surface area (Å²) in [5.74, 6) is 1.18. The van der Waals surface area contributed by atoms with Crippen LogP contribution in [0.4, 0.5) is 0 Å². The van der Waals surface area contributed by atoms with Crippen molar-refractivity contribution in [1.29, 1.82) is 0 Å². The first-order valence-corrected chi connectivity index (χ1v) is 8.46. The van der Waals surface area contributed by atoms with E-state index in [1.54, 1.807) is 28.7 Å². The summed E-state index contributed by atoms with van der Waals surface area (Å²) in [5, 5.41) is 0. The molecule has 1 aliphatic rings. The molecule has 1 rings (SSSR count). The molecule has 0 amide bonds. The summed E-state index contributed by atoms with van der Waals surface area (Å²) in [4.78, 5) is 0. The molecule has 0 spiro atoms. The lowest BCUT2D eigenvalue weighted by Crippen LogP contribution is -2.33. The van der Waals surface area contributed by atoms with Crippen molar-refractivity contribution >= 4 is 49.8 Å². The average molecular weight is 281 g/mol. The Morgan fingerprint density at radius 2 is 2.27 bits per heavy atom. The molecule has 0 bridgehead atoms. The van der Waals surface area contributed by atoms with Gasteiger partial charge in [0.15, 0.2) is 0 Å². The van der Waals surface area contributed by atoms with Crippen LogP contribution in [-0.4, -0.2) is 22.7 Å². The topological polar surface area (TPSA) is 9.23 Å². The Bertz CT molecular complexity index is 264. The van der Waals surface area contributed by atoms with Crippen LogP contribution >= 0.6 is 45.6 Å². The first kappa shape index (κ1) is 13.9. The summed E-state index contributed by atoms with van der Waals surface area (Å²) >= 11 is 7.20. The van der Waals surface area contributed by atoms with Crippen LogP contribution in [0.3, 0.4) is 0 Å². The van der Waals surface area contributed by atoms with Crippen molar-refractivity contribution in [2.75, 3.05) is 12.9 Å². The average Bonchev–Trinajstić information content (AvgIpc) is 2.24. The molecule has 0 fully saturated rings. The Morgan fingerprint density at radius 1 is 1.53 bits per heavy atom. The summed E-state index contributed by atoms with van der Waals surface area (Å²) in [7, 11) is 5.12. The molecule has 0 aromatic rings. The Labute approximate surface area is 110 Å². The van der Waals surface area contributed by atoms with Crippen LogP contribution in [0, 0.1) is 0 Å². The third-order valence-electron chi connectivity index (χ3n) is 2.16. The van der Waals surface area contributed by atoms with Crippen molar-refractivity contribution in [3.63, 3.8) is 0 Å². The van der Waals surface area contributed by atoms with Gasteiger partial charge >= 0.3 is 0 Å². The molecule has 0 aromatic carbocycles. The van der Waals surface area contributed by atoms with Gasteiger partial charge in [0.05, 0.1) is 8.43 Å². The van der Waals surface area contributed by atoms with Crippen molar-refractivity contribution < 1.29 is 4.74 Å². The van der Waals surface area contributed by atoms with Gasteiger partial charge in [-0.15, -0.1) is 11.8 Å². The molecule has 1 unspecified atom stereocenters. The molecule has 1 heterocycles. The quantitative estimate of drug-likeness (QED) is 0.415. The third kappa shape index (κ3) is 3.97. The van der Waals surface area contributed by atoms with Gasteiger partial charge in [0.2, 0.25) is 0 Å². The van der Waals surface area contributed by atoms with Gasteiger partial charge in [0.25, 0.3) is 0 Å². The lowest BCUT2D eigenvalue weighted by Gasteiger charge is -2.29. The van der Waals surface area contributed by atoms with Gasteiger partial charge in [-0.2, -0.15) is 0 Å². The largest absolute Gasteiger partial charge is 0.368 e. The maximum atomic E-state index is 5.46. The molecule has 1 atom stereocenters. The fourth-order valence-corrected chi connectivity index (χ4v) is 5.42. The van der Waals surface area contributed by atoms with Crippen LogP contribution in [0.25, 0.3) is 0 Å². The number of thiocarbonyl (C=S) groups is 1. The van der Waals surface area contributed by atoms with Crippen molar-refractivity contribution in [1.82, 2.24) is 0 Å². The van der Waals surface area contributed by atoms with Gasteiger partial charge in [0, 0.05) is 7.11 Å². The molecule has 0 saturated heterocycles. The van der Waals surface area contributed by atoms with Crippen LogP contribution in [-0.2, 0) is 4.74 Å². The SMILES string of the molecule is CCCCSC1=CC(C)(OC)C(=S)SS1. The highest BCUT2D eigenvalue weighted by atomic mass is 33.1. The number of hydrogen-bond donors (Lipinski definition) is 0. The molecule has 0 aliphatic carbocycles. The van der Waals surface area contributed by atoms with E-state index < -0.39 is 0 Å². The van der Waals surface area contributed by atoms with Crippen LogP contribution in [0.5, 0.6) is 0 Å². The van der Waals surface area contributed by atoms with Crippen LogP contribution < -0.4 is 0 Å². The molecule has 0 N–H and O–H groups in total. The Hall–Kier alpha value is 0.840. The van der Waals surface area contributed by atoms with E-state index in [0.29, 0.717) is 0 Å². The van der Waals surface area contributed by atoms with Crippen LogP contribution in [0.2, 0.25) is 0 Å². The predicted molar refractivity (Wildman–Crippen MR) is 78.6 cm³/mol. The van der Waals surface area contributed by atoms with E-state index in [4.69, 9.17) is 17.0 Å². The van der Waals surface area contributed by atoms with Gasteiger partial charge in [0.1, 0.15) is 5.60 Å².